The van der Waals surface area contributed by atoms with Crippen LogP contribution in [0, 0.1) is 13.8 Å². The average Bonchev–Trinajstić information content (AvgIpc) is 3.29. The van der Waals surface area contributed by atoms with E-state index in [1.807, 2.05) is 26.0 Å². The summed E-state index contributed by atoms with van der Waals surface area (Å²) in [5, 5.41) is 7.54. The van der Waals surface area contributed by atoms with Gasteiger partial charge in [-0.3, -0.25) is 9.78 Å². The number of pyridine rings is 1. The van der Waals surface area contributed by atoms with Crippen molar-refractivity contribution >= 4 is 45.9 Å². The summed E-state index contributed by atoms with van der Waals surface area (Å²) in [6.07, 6.45) is 2.31. The molecule has 29 heavy (non-hydrogen) atoms. The fourth-order valence-electron chi connectivity index (χ4n) is 2.83. The van der Waals surface area contributed by atoms with Crippen LogP contribution in [0.1, 0.15) is 31.8 Å². The van der Waals surface area contributed by atoms with Gasteiger partial charge >= 0.3 is 0 Å². The third-order valence-electron chi connectivity index (χ3n) is 4.21. The van der Waals surface area contributed by atoms with Gasteiger partial charge in [-0.25, -0.2) is 9.97 Å². The Bertz CT molecular complexity index is 1150. The van der Waals surface area contributed by atoms with Crippen LogP contribution in [0.3, 0.4) is 0 Å². The van der Waals surface area contributed by atoms with Crippen LogP contribution in [-0.4, -0.2) is 20.9 Å². The zero-order chi connectivity index (χ0) is 20.4. The molecule has 0 saturated carbocycles. The number of thiazole rings is 2. The molecule has 4 rings (SSSR count). The molecule has 0 bridgehead atoms. The molecule has 0 aliphatic rings. The first-order chi connectivity index (χ1) is 14.0. The Kier molecular flexibility index (Phi) is 5.71. The lowest BCUT2D eigenvalue weighted by Gasteiger charge is -2.06. The normalized spacial score (nSPS) is 10.9. The molecule has 0 saturated heterocycles. The van der Waals surface area contributed by atoms with Gasteiger partial charge in [0.25, 0.3) is 5.91 Å². The van der Waals surface area contributed by atoms with Crippen LogP contribution >= 0.6 is 34.3 Å². The molecule has 3 aromatic heterocycles. The van der Waals surface area contributed by atoms with Crippen molar-refractivity contribution in [1.29, 1.82) is 0 Å². The van der Waals surface area contributed by atoms with Gasteiger partial charge in [-0.15, -0.1) is 22.7 Å². The van der Waals surface area contributed by atoms with Crippen molar-refractivity contribution in [3.63, 3.8) is 0 Å². The van der Waals surface area contributed by atoms with Crippen LogP contribution in [-0.2, 0) is 6.42 Å². The first kappa shape index (κ1) is 19.7. The van der Waals surface area contributed by atoms with Crippen molar-refractivity contribution in [3.8, 4) is 10.6 Å². The van der Waals surface area contributed by atoms with Gasteiger partial charge in [0.05, 0.1) is 38.2 Å². The molecular formula is C21H17ClN4OS2. The van der Waals surface area contributed by atoms with E-state index in [-0.39, 0.29) is 5.91 Å². The number of rotatable bonds is 5. The van der Waals surface area contributed by atoms with Gasteiger partial charge in [-0.2, -0.15) is 0 Å². The molecule has 5 nitrogen and oxygen atoms in total. The number of hydrogen-bond donors (Lipinski definition) is 1. The summed E-state index contributed by atoms with van der Waals surface area (Å²) in [6.45, 7) is 4.02. The lowest BCUT2D eigenvalue weighted by atomic mass is 10.2. The lowest BCUT2D eigenvalue weighted by Crippen LogP contribution is -2.12. The van der Waals surface area contributed by atoms with E-state index in [0.717, 1.165) is 32.0 Å². The van der Waals surface area contributed by atoms with Crippen LogP contribution in [0.2, 0.25) is 5.02 Å². The molecule has 3 heterocycles. The summed E-state index contributed by atoms with van der Waals surface area (Å²) in [7, 11) is 0. The van der Waals surface area contributed by atoms with Crippen LogP contribution < -0.4 is 5.32 Å². The summed E-state index contributed by atoms with van der Waals surface area (Å²) in [6, 6.07) is 10.5. The summed E-state index contributed by atoms with van der Waals surface area (Å²) in [4.78, 5) is 27.1. The molecule has 0 fully saturated rings. The maximum Gasteiger partial charge on any atom is 0.255 e. The van der Waals surface area contributed by atoms with E-state index in [1.165, 1.54) is 0 Å². The minimum atomic E-state index is -0.198. The van der Waals surface area contributed by atoms with Crippen molar-refractivity contribution in [2.75, 3.05) is 5.32 Å². The van der Waals surface area contributed by atoms with Crippen LogP contribution in [0.5, 0.6) is 0 Å². The highest BCUT2D eigenvalue weighted by Crippen LogP contribution is 2.31. The summed E-state index contributed by atoms with van der Waals surface area (Å²) in [5.74, 6) is -0.198. The Morgan fingerprint density at radius 2 is 1.90 bits per heavy atom. The number of carbonyl (C=O) groups is 1. The molecule has 146 valence electrons. The van der Waals surface area contributed by atoms with Crippen LogP contribution in [0.15, 0.2) is 48.0 Å². The minimum Gasteiger partial charge on any atom is -0.321 e. The molecule has 1 N–H and O–H groups in total. The molecule has 1 aromatic carbocycles. The molecule has 0 radical (unpaired) electrons. The van der Waals surface area contributed by atoms with Gasteiger partial charge in [0.15, 0.2) is 0 Å². The number of halogens is 1. The Hall–Kier alpha value is -2.61. The summed E-state index contributed by atoms with van der Waals surface area (Å²) >= 11 is 9.14. The molecule has 8 heteroatoms. The van der Waals surface area contributed by atoms with E-state index >= 15 is 0 Å². The number of nitrogens with one attached hydrogen (secondary N) is 1. The third-order valence-corrected chi connectivity index (χ3v) is 6.41. The number of amides is 1. The average molecular weight is 441 g/mol. The van der Waals surface area contributed by atoms with Crippen molar-refractivity contribution in [1.82, 2.24) is 15.0 Å². The number of hydrogen-bond acceptors (Lipinski definition) is 6. The van der Waals surface area contributed by atoms with Crippen molar-refractivity contribution in [2.45, 2.75) is 20.3 Å². The predicted octanol–water partition coefficient (Wildman–Crippen LogP) is 5.77. The van der Waals surface area contributed by atoms with Crippen LogP contribution in [0.4, 0.5) is 5.69 Å². The molecule has 0 aliphatic heterocycles. The second-order valence-corrected chi connectivity index (χ2v) is 9.03. The number of carbonyl (C=O) groups excluding carboxylic acids is 1. The first-order valence-corrected chi connectivity index (χ1v) is 11.0. The molecular weight excluding hydrogens is 424 g/mol. The minimum absolute atomic E-state index is 0.198. The van der Waals surface area contributed by atoms with Gasteiger partial charge < -0.3 is 5.32 Å². The highest BCUT2D eigenvalue weighted by molar-refractivity contribution is 7.16. The Morgan fingerprint density at radius 3 is 2.55 bits per heavy atom. The smallest absolute Gasteiger partial charge is 0.255 e. The number of benzene rings is 1. The van der Waals surface area contributed by atoms with Gasteiger partial charge in [0, 0.05) is 28.1 Å². The zero-order valence-corrected chi connectivity index (χ0v) is 18.2. The monoisotopic (exact) mass is 440 g/mol. The first-order valence-electron chi connectivity index (χ1n) is 8.88. The number of anilines is 1. The van der Waals surface area contributed by atoms with E-state index in [0.29, 0.717) is 22.7 Å². The van der Waals surface area contributed by atoms with Gasteiger partial charge in [0.1, 0.15) is 0 Å². The highest BCUT2D eigenvalue weighted by Gasteiger charge is 2.12. The van der Waals surface area contributed by atoms with Crippen molar-refractivity contribution in [3.05, 3.63) is 80.0 Å². The molecule has 0 unspecified atom stereocenters. The number of nitrogens with zero attached hydrogens (tertiary/aromatic N) is 3. The van der Waals surface area contributed by atoms with Gasteiger partial charge in [-0.05, 0) is 50.2 Å². The van der Waals surface area contributed by atoms with Crippen LogP contribution in [0.25, 0.3) is 10.6 Å². The lowest BCUT2D eigenvalue weighted by molar-refractivity contribution is 0.102. The Labute approximate surface area is 181 Å². The summed E-state index contributed by atoms with van der Waals surface area (Å²) in [5.41, 5.74) is 4.07. The Morgan fingerprint density at radius 1 is 1.10 bits per heavy atom. The zero-order valence-electron chi connectivity index (χ0n) is 15.8. The second kappa shape index (κ2) is 8.41. The van der Waals surface area contributed by atoms with E-state index in [4.69, 9.17) is 16.6 Å². The van der Waals surface area contributed by atoms with Gasteiger partial charge in [-0.1, -0.05) is 11.6 Å². The highest BCUT2D eigenvalue weighted by atomic mass is 35.5. The van der Waals surface area contributed by atoms with Gasteiger partial charge in [0.2, 0.25) is 0 Å². The van der Waals surface area contributed by atoms with E-state index < -0.39 is 0 Å². The fourth-order valence-corrected chi connectivity index (χ4v) is 4.71. The maximum atomic E-state index is 12.3. The third kappa shape index (κ3) is 4.70. The molecule has 1 amide bonds. The molecule has 0 spiro atoms. The quantitative estimate of drug-likeness (QED) is 0.427. The fraction of sp³-hybridized carbons (Fsp3) is 0.143. The molecule has 0 aliphatic carbocycles. The summed E-state index contributed by atoms with van der Waals surface area (Å²) < 4.78 is 0. The largest absolute Gasteiger partial charge is 0.321 e. The number of aryl methyl sites for hydroxylation is 2. The topological polar surface area (TPSA) is 67.8 Å². The van der Waals surface area contributed by atoms with E-state index in [2.05, 4.69) is 20.7 Å². The standard InChI is InChI=1S/C21H17ClN4OS2/c1-12-20(29-13(2)24-12)18-11-28-19(26-18)9-16-7-8-17(10-23-16)25-21(27)14-3-5-15(22)6-4-14/h3-8,10-11H,9H2,1-2H3,(H,25,27). The van der Waals surface area contributed by atoms with E-state index in [1.54, 1.807) is 53.1 Å². The SMILES string of the molecule is Cc1nc(C)c(-c2csc(Cc3ccc(NC(=O)c4ccc(Cl)cc4)cn3)n2)s1. The molecule has 0 atom stereocenters. The number of aromatic nitrogens is 3. The predicted molar refractivity (Wildman–Crippen MR) is 119 cm³/mol. The van der Waals surface area contributed by atoms with Crippen molar-refractivity contribution in [2.24, 2.45) is 0 Å². The second-order valence-electron chi connectivity index (χ2n) is 6.45. The van der Waals surface area contributed by atoms with Crippen molar-refractivity contribution < 1.29 is 4.79 Å². The Balaban J connectivity index is 1.41. The molecule has 4 aromatic rings. The maximum absolute atomic E-state index is 12.3. The van der Waals surface area contributed by atoms with E-state index in [9.17, 15) is 4.79 Å².